The molecule has 1 heterocycles. The van der Waals surface area contributed by atoms with Crippen molar-refractivity contribution in [1.29, 1.82) is 0 Å². The van der Waals surface area contributed by atoms with Gasteiger partial charge < -0.3 is 4.74 Å². The third kappa shape index (κ3) is 2.25. The van der Waals surface area contributed by atoms with Crippen LogP contribution in [-0.4, -0.2) is 16.2 Å². The third-order valence-corrected chi connectivity index (χ3v) is 3.39. The Balaban J connectivity index is 2.12. The van der Waals surface area contributed by atoms with E-state index in [2.05, 4.69) is 15.6 Å². The molecule has 0 aliphatic rings. The van der Waals surface area contributed by atoms with Gasteiger partial charge in [-0.05, 0) is 43.3 Å². The molecule has 0 saturated carbocycles. The molecule has 0 atom stereocenters. The molecular formula is C16H15ClN2O. The highest BCUT2D eigenvalue weighted by Gasteiger charge is 2.11. The standard InChI is InChI=1S/C16H15ClN2O/c1-2-20-13-9-7-12(8-10-13)19-15-6-4-3-5-14(15)18-16(19)11-17/h3-10H,2,11H2,1H3. The molecule has 1 aromatic heterocycles. The highest BCUT2D eigenvalue weighted by atomic mass is 35.5. The van der Waals surface area contributed by atoms with E-state index in [0.29, 0.717) is 12.5 Å². The first-order valence-corrected chi connectivity index (χ1v) is 7.12. The van der Waals surface area contributed by atoms with E-state index in [1.54, 1.807) is 0 Å². The van der Waals surface area contributed by atoms with Crippen molar-refractivity contribution in [2.45, 2.75) is 12.8 Å². The van der Waals surface area contributed by atoms with Gasteiger partial charge in [-0.25, -0.2) is 4.98 Å². The van der Waals surface area contributed by atoms with E-state index in [9.17, 15) is 0 Å². The zero-order valence-electron chi connectivity index (χ0n) is 11.2. The van der Waals surface area contributed by atoms with E-state index in [1.165, 1.54) is 0 Å². The fraction of sp³-hybridized carbons (Fsp3) is 0.188. The highest BCUT2D eigenvalue weighted by molar-refractivity contribution is 6.17. The summed E-state index contributed by atoms with van der Waals surface area (Å²) in [7, 11) is 0. The number of hydrogen-bond acceptors (Lipinski definition) is 2. The molecule has 0 fully saturated rings. The summed E-state index contributed by atoms with van der Waals surface area (Å²) in [4.78, 5) is 4.57. The minimum Gasteiger partial charge on any atom is -0.494 e. The maximum atomic E-state index is 6.03. The Bertz CT molecular complexity index is 719. The zero-order valence-corrected chi connectivity index (χ0v) is 12.0. The lowest BCUT2D eigenvalue weighted by Crippen LogP contribution is -1.99. The molecule has 0 aliphatic heterocycles. The normalized spacial score (nSPS) is 10.9. The van der Waals surface area contributed by atoms with E-state index in [0.717, 1.165) is 28.3 Å². The van der Waals surface area contributed by atoms with Crippen molar-refractivity contribution in [2.75, 3.05) is 6.61 Å². The minimum absolute atomic E-state index is 0.377. The highest BCUT2D eigenvalue weighted by Crippen LogP contribution is 2.24. The van der Waals surface area contributed by atoms with Gasteiger partial charge in [0.15, 0.2) is 0 Å². The van der Waals surface area contributed by atoms with Gasteiger partial charge in [-0.3, -0.25) is 4.57 Å². The van der Waals surface area contributed by atoms with Crippen molar-refractivity contribution in [2.24, 2.45) is 0 Å². The first kappa shape index (κ1) is 13.0. The molecule has 3 nitrogen and oxygen atoms in total. The molecule has 0 aliphatic carbocycles. The molecule has 3 aromatic rings. The predicted molar refractivity (Wildman–Crippen MR) is 81.8 cm³/mol. The third-order valence-electron chi connectivity index (χ3n) is 3.16. The minimum atomic E-state index is 0.377. The van der Waals surface area contributed by atoms with Crippen molar-refractivity contribution in [3.63, 3.8) is 0 Å². The number of halogens is 1. The smallest absolute Gasteiger partial charge is 0.129 e. The fourth-order valence-corrected chi connectivity index (χ4v) is 2.49. The van der Waals surface area contributed by atoms with Crippen molar-refractivity contribution in [3.05, 3.63) is 54.4 Å². The lowest BCUT2D eigenvalue weighted by atomic mass is 10.2. The molecule has 0 saturated heterocycles. The first-order valence-electron chi connectivity index (χ1n) is 6.59. The zero-order chi connectivity index (χ0) is 13.9. The number of imidazole rings is 1. The molecule has 102 valence electrons. The van der Waals surface area contributed by atoms with Crippen LogP contribution >= 0.6 is 11.6 Å². The van der Waals surface area contributed by atoms with Gasteiger partial charge in [0.2, 0.25) is 0 Å². The van der Waals surface area contributed by atoms with Crippen molar-refractivity contribution in [1.82, 2.24) is 9.55 Å². The van der Waals surface area contributed by atoms with Crippen molar-refractivity contribution in [3.8, 4) is 11.4 Å². The largest absolute Gasteiger partial charge is 0.494 e. The number of benzene rings is 2. The quantitative estimate of drug-likeness (QED) is 0.673. The number of ether oxygens (including phenoxy) is 1. The Labute approximate surface area is 122 Å². The van der Waals surface area contributed by atoms with Crippen LogP contribution in [0.5, 0.6) is 5.75 Å². The van der Waals surface area contributed by atoms with Crippen LogP contribution in [0.2, 0.25) is 0 Å². The number of alkyl halides is 1. The van der Waals surface area contributed by atoms with Crippen LogP contribution < -0.4 is 4.74 Å². The summed E-state index contributed by atoms with van der Waals surface area (Å²) in [5, 5.41) is 0. The van der Waals surface area contributed by atoms with Crippen molar-refractivity contribution >= 4 is 22.6 Å². The Morgan fingerprint density at radius 2 is 1.85 bits per heavy atom. The monoisotopic (exact) mass is 286 g/mol. The van der Waals surface area contributed by atoms with Crippen LogP contribution in [0.1, 0.15) is 12.7 Å². The molecule has 0 radical (unpaired) electrons. The maximum Gasteiger partial charge on any atom is 0.129 e. The van der Waals surface area contributed by atoms with Gasteiger partial charge in [0.25, 0.3) is 0 Å². The van der Waals surface area contributed by atoms with Gasteiger partial charge in [-0.15, -0.1) is 11.6 Å². The topological polar surface area (TPSA) is 27.1 Å². The van der Waals surface area contributed by atoms with Gasteiger partial charge in [0.05, 0.1) is 23.5 Å². The molecule has 0 bridgehead atoms. The number of hydrogen-bond donors (Lipinski definition) is 0. The van der Waals surface area contributed by atoms with Crippen LogP contribution in [0.25, 0.3) is 16.7 Å². The summed E-state index contributed by atoms with van der Waals surface area (Å²) < 4.78 is 7.55. The number of rotatable bonds is 4. The molecule has 4 heteroatoms. The molecule has 0 spiro atoms. The van der Waals surface area contributed by atoms with E-state index in [4.69, 9.17) is 16.3 Å². The van der Waals surface area contributed by atoms with E-state index >= 15 is 0 Å². The first-order chi connectivity index (χ1) is 9.83. The van der Waals surface area contributed by atoms with Gasteiger partial charge in [0.1, 0.15) is 11.6 Å². The summed E-state index contributed by atoms with van der Waals surface area (Å²) in [5.74, 6) is 2.09. The van der Waals surface area contributed by atoms with Gasteiger partial charge in [0, 0.05) is 5.69 Å². The molecule has 0 unspecified atom stereocenters. The Hall–Kier alpha value is -2.00. The second kappa shape index (κ2) is 5.55. The van der Waals surface area contributed by atoms with Crippen LogP contribution in [0.4, 0.5) is 0 Å². The fourth-order valence-electron chi connectivity index (χ4n) is 2.31. The van der Waals surface area contributed by atoms with Crippen LogP contribution in [0.15, 0.2) is 48.5 Å². The molecule has 2 aromatic carbocycles. The van der Waals surface area contributed by atoms with Gasteiger partial charge >= 0.3 is 0 Å². The number of nitrogens with zero attached hydrogens (tertiary/aromatic N) is 2. The summed E-state index contributed by atoms with van der Waals surface area (Å²) in [6.07, 6.45) is 0. The van der Waals surface area contributed by atoms with E-state index < -0.39 is 0 Å². The SMILES string of the molecule is CCOc1ccc(-n2c(CCl)nc3ccccc32)cc1. The van der Waals surface area contributed by atoms with E-state index in [-0.39, 0.29) is 0 Å². The summed E-state index contributed by atoms with van der Waals surface area (Å²) in [6, 6.07) is 16.0. The molecule has 3 rings (SSSR count). The maximum absolute atomic E-state index is 6.03. The van der Waals surface area contributed by atoms with Crippen LogP contribution in [0, 0.1) is 0 Å². The summed E-state index contributed by atoms with van der Waals surface area (Å²) in [5.41, 5.74) is 3.06. The molecule has 0 amide bonds. The van der Waals surface area contributed by atoms with Crippen LogP contribution in [0.3, 0.4) is 0 Å². The van der Waals surface area contributed by atoms with Crippen LogP contribution in [-0.2, 0) is 5.88 Å². The number of aromatic nitrogens is 2. The Morgan fingerprint density at radius 1 is 1.10 bits per heavy atom. The Morgan fingerprint density at radius 3 is 2.55 bits per heavy atom. The molecular weight excluding hydrogens is 272 g/mol. The van der Waals surface area contributed by atoms with Gasteiger partial charge in [-0.1, -0.05) is 12.1 Å². The lowest BCUT2D eigenvalue weighted by Gasteiger charge is -2.09. The molecule has 0 N–H and O–H groups in total. The number of fused-ring (bicyclic) bond motifs is 1. The molecule has 20 heavy (non-hydrogen) atoms. The summed E-state index contributed by atoms with van der Waals surface area (Å²) >= 11 is 6.03. The van der Waals surface area contributed by atoms with E-state index in [1.807, 2.05) is 49.4 Å². The van der Waals surface area contributed by atoms with Gasteiger partial charge in [-0.2, -0.15) is 0 Å². The predicted octanol–water partition coefficient (Wildman–Crippen LogP) is 4.16. The second-order valence-corrected chi connectivity index (χ2v) is 4.68. The second-order valence-electron chi connectivity index (χ2n) is 4.41. The Kier molecular flexibility index (Phi) is 3.61. The summed E-state index contributed by atoms with van der Waals surface area (Å²) in [6.45, 7) is 2.64. The lowest BCUT2D eigenvalue weighted by molar-refractivity contribution is 0.340. The van der Waals surface area contributed by atoms with Crippen molar-refractivity contribution < 1.29 is 4.74 Å². The average molecular weight is 287 g/mol. The number of para-hydroxylation sites is 2. The average Bonchev–Trinajstić information content (AvgIpc) is 2.87.